The van der Waals surface area contributed by atoms with Gasteiger partial charge in [-0.25, -0.2) is 10.4 Å². The average molecular weight is 483 g/mol. The topological polar surface area (TPSA) is 120 Å². The SMILES string of the molecule is CCCC(=O)Nc1cncc(C2CC3C(CN2)NNC3c2nc3c(-c4ccncc4)cccc3[nH]2)c1. The van der Waals surface area contributed by atoms with Crippen LogP contribution in [0.15, 0.2) is 61.2 Å². The molecule has 4 aromatic rings. The summed E-state index contributed by atoms with van der Waals surface area (Å²) in [4.78, 5) is 29.2. The molecule has 0 bridgehead atoms. The molecule has 184 valence electrons. The van der Waals surface area contributed by atoms with Crippen molar-refractivity contribution in [1.29, 1.82) is 0 Å². The van der Waals surface area contributed by atoms with E-state index in [-0.39, 0.29) is 18.0 Å². The molecule has 5 N–H and O–H groups in total. The van der Waals surface area contributed by atoms with Gasteiger partial charge in [0.15, 0.2) is 0 Å². The van der Waals surface area contributed by atoms with Crippen molar-refractivity contribution in [2.24, 2.45) is 5.92 Å². The monoisotopic (exact) mass is 482 g/mol. The highest BCUT2D eigenvalue weighted by Crippen LogP contribution is 2.39. The van der Waals surface area contributed by atoms with Crippen molar-refractivity contribution < 1.29 is 4.79 Å². The minimum atomic E-state index is 0.0217. The zero-order chi connectivity index (χ0) is 24.5. The Labute approximate surface area is 209 Å². The van der Waals surface area contributed by atoms with Crippen LogP contribution >= 0.6 is 0 Å². The molecule has 4 atom stereocenters. The predicted octanol–water partition coefficient (Wildman–Crippen LogP) is 3.63. The number of rotatable bonds is 6. The van der Waals surface area contributed by atoms with Crippen molar-refractivity contribution in [2.75, 3.05) is 11.9 Å². The maximum Gasteiger partial charge on any atom is 0.224 e. The molecule has 2 fully saturated rings. The van der Waals surface area contributed by atoms with Crippen LogP contribution in [0.1, 0.15) is 49.7 Å². The molecule has 9 heteroatoms. The fourth-order valence-corrected chi connectivity index (χ4v) is 5.43. The van der Waals surface area contributed by atoms with Crippen molar-refractivity contribution in [1.82, 2.24) is 36.1 Å². The van der Waals surface area contributed by atoms with Gasteiger partial charge in [-0.1, -0.05) is 19.1 Å². The summed E-state index contributed by atoms with van der Waals surface area (Å²) < 4.78 is 0. The maximum absolute atomic E-state index is 12.1. The summed E-state index contributed by atoms with van der Waals surface area (Å²) in [5.74, 6) is 1.29. The number of hydrogen-bond acceptors (Lipinski definition) is 7. The molecule has 2 saturated heterocycles. The number of amides is 1. The highest BCUT2D eigenvalue weighted by Gasteiger charge is 2.42. The van der Waals surface area contributed by atoms with Crippen LogP contribution in [0.5, 0.6) is 0 Å². The maximum atomic E-state index is 12.1. The van der Waals surface area contributed by atoms with Gasteiger partial charge in [-0.15, -0.1) is 0 Å². The molecule has 0 spiro atoms. The third-order valence-corrected chi connectivity index (χ3v) is 7.20. The Morgan fingerprint density at radius 3 is 2.86 bits per heavy atom. The Balaban J connectivity index is 1.25. The van der Waals surface area contributed by atoms with Gasteiger partial charge in [0.2, 0.25) is 5.91 Å². The highest BCUT2D eigenvalue weighted by molar-refractivity contribution is 5.92. The van der Waals surface area contributed by atoms with E-state index in [0.29, 0.717) is 18.4 Å². The number of hydrogen-bond donors (Lipinski definition) is 5. The molecule has 2 aliphatic rings. The lowest BCUT2D eigenvalue weighted by Gasteiger charge is -2.34. The number of para-hydroxylation sites is 1. The number of aromatic nitrogens is 4. The van der Waals surface area contributed by atoms with Gasteiger partial charge in [0.1, 0.15) is 5.82 Å². The number of anilines is 1. The molecule has 0 aliphatic carbocycles. The third-order valence-electron chi connectivity index (χ3n) is 7.20. The van der Waals surface area contributed by atoms with Crippen LogP contribution < -0.4 is 21.5 Å². The second-order valence-electron chi connectivity index (χ2n) is 9.60. The third kappa shape index (κ3) is 4.37. The first-order valence-corrected chi connectivity index (χ1v) is 12.6. The summed E-state index contributed by atoms with van der Waals surface area (Å²) in [6.07, 6.45) is 9.46. The number of nitrogens with zero attached hydrogens (tertiary/aromatic N) is 3. The first-order chi connectivity index (χ1) is 17.7. The Morgan fingerprint density at radius 2 is 2.00 bits per heavy atom. The van der Waals surface area contributed by atoms with Crippen LogP contribution in [0.4, 0.5) is 5.69 Å². The zero-order valence-corrected chi connectivity index (χ0v) is 20.2. The molecular formula is C27H30N8O. The van der Waals surface area contributed by atoms with E-state index in [1.807, 2.05) is 43.7 Å². The highest BCUT2D eigenvalue weighted by atomic mass is 16.1. The number of H-pyrrole nitrogens is 1. The minimum absolute atomic E-state index is 0.0217. The molecule has 1 aromatic carbocycles. The van der Waals surface area contributed by atoms with E-state index in [1.165, 1.54) is 0 Å². The average Bonchev–Trinajstić information content (AvgIpc) is 3.53. The minimum Gasteiger partial charge on any atom is -0.341 e. The number of hydrazine groups is 1. The van der Waals surface area contributed by atoms with Crippen molar-refractivity contribution in [3.8, 4) is 11.1 Å². The Kier molecular flexibility index (Phi) is 6.18. The fraction of sp³-hybridized carbons (Fsp3) is 0.333. The number of aromatic amines is 1. The van der Waals surface area contributed by atoms with Gasteiger partial charge in [0, 0.05) is 55.1 Å². The molecule has 6 rings (SSSR count). The van der Waals surface area contributed by atoms with Crippen LogP contribution in [0.3, 0.4) is 0 Å². The van der Waals surface area contributed by atoms with Crippen molar-refractivity contribution in [3.63, 3.8) is 0 Å². The van der Waals surface area contributed by atoms with Crippen LogP contribution in [-0.2, 0) is 4.79 Å². The molecule has 1 amide bonds. The van der Waals surface area contributed by atoms with E-state index in [1.54, 1.807) is 6.20 Å². The number of carbonyl (C=O) groups is 1. The number of nitrogens with one attached hydrogen (secondary N) is 5. The summed E-state index contributed by atoms with van der Waals surface area (Å²) in [7, 11) is 0. The summed E-state index contributed by atoms with van der Waals surface area (Å²) in [6, 6.07) is 12.8. The number of pyridine rings is 2. The molecule has 4 unspecified atom stereocenters. The lowest BCUT2D eigenvalue weighted by Crippen LogP contribution is -2.46. The van der Waals surface area contributed by atoms with Crippen molar-refractivity contribution in [3.05, 3.63) is 72.6 Å². The van der Waals surface area contributed by atoms with E-state index < -0.39 is 0 Å². The molecule has 36 heavy (non-hydrogen) atoms. The van der Waals surface area contributed by atoms with E-state index in [0.717, 1.165) is 58.6 Å². The quantitative estimate of drug-likeness (QED) is 0.285. The molecule has 9 nitrogen and oxygen atoms in total. The summed E-state index contributed by atoms with van der Waals surface area (Å²) >= 11 is 0. The summed E-state index contributed by atoms with van der Waals surface area (Å²) in [5.41, 5.74) is 13.0. The molecule has 0 radical (unpaired) electrons. The molecule has 3 aromatic heterocycles. The van der Waals surface area contributed by atoms with Gasteiger partial charge in [-0.05, 0) is 48.2 Å². The zero-order valence-electron chi connectivity index (χ0n) is 20.2. The van der Waals surface area contributed by atoms with Gasteiger partial charge in [0.05, 0.1) is 29.0 Å². The van der Waals surface area contributed by atoms with E-state index >= 15 is 0 Å². The van der Waals surface area contributed by atoms with E-state index in [4.69, 9.17) is 4.98 Å². The lowest BCUT2D eigenvalue weighted by atomic mass is 9.82. The first kappa shape index (κ1) is 22.8. The summed E-state index contributed by atoms with van der Waals surface area (Å²) in [6.45, 7) is 2.83. The standard InChI is InChI=1S/C27H30N8O/c1-2-4-24(36)31-18-11-17(13-29-14-18)22-12-20-23(15-30-22)34-35-26(20)27-32-21-6-3-5-19(25(21)33-27)16-7-9-28-10-8-16/h3,5-11,13-14,20,22-23,26,30,34-35H,2,4,12,15H2,1H3,(H,31,36)(H,32,33). The predicted molar refractivity (Wildman–Crippen MR) is 139 cm³/mol. The first-order valence-electron chi connectivity index (χ1n) is 12.6. The number of carbonyl (C=O) groups excluding carboxylic acids is 1. The van der Waals surface area contributed by atoms with Crippen LogP contribution in [0.25, 0.3) is 22.2 Å². The Morgan fingerprint density at radius 1 is 1.11 bits per heavy atom. The second-order valence-corrected chi connectivity index (χ2v) is 9.60. The largest absolute Gasteiger partial charge is 0.341 e. The molecule has 0 saturated carbocycles. The van der Waals surface area contributed by atoms with Crippen molar-refractivity contribution >= 4 is 22.6 Å². The molecular weight excluding hydrogens is 452 g/mol. The number of imidazole rings is 1. The molecule has 5 heterocycles. The van der Waals surface area contributed by atoms with Gasteiger partial charge < -0.3 is 15.6 Å². The van der Waals surface area contributed by atoms with E-state index in [2.05, 4.69) is 54.6 Å². The van der Waals surface area contributed by atoms with Gasteiger partial charge in [-0.2, -0.15) is 0 Å². The van der Waals surface area contributed by atoms with Crippen LogP contribution in [-0.4, -0.2) is 38.4 Å². The van der Waals surface area contributed by atoms with Gasteiger partial charge in [0.25, 0.3) is 0 Å². The Bertz CT molecular complexity index is 1370. The van der Waals surface area contributed by atoms with Crippen LogP contribution in [0.2, 0.25) is 0 Å². The molecule has 2 aliphatic heterocycles. The van der Waals surface area contributed by atoms with Gasteiger partial charge >= 0.3 is 0 Å². The second kappa shape index (κ2) is 9.77. The van der Waals surface area contributed by atoms with Crippen molar-refractivity contribution in [2.45, 2.75) is 44.3 Å². The number of benzene rings is 1. The van der Waals surface area contributed by atoms with Gasteiger partial charge in [-0.3, -0.25) is 20.2 Å². The lowest BCUT2D eigenvalue weighted by molar-refractivity contribution is -0.116. The number of piperidine rings is 1. The van der Waals surface area contributed by atoms with E-state index in [9.17, 15) is 4.79 Å². The number of fused-ring (bicyclic) bond motifs is 2. The smallest absolute Gasteiger partial charge is 0.224 e. The normalized spacial score (nSPS) is 23.5. The fourth-order valence-electron chi connectivity index (χ4n) is 5.43. The van der Waals surface area contributed by atoms with Crippen LogP contribution in [0, 0.1) is 5.92 Å². The summed E-state index contributed by atoms with van der Waals surface area (Å²) in [5, 5.41) is 6.61. The Hall–Kier alpha value is -3.66.